The van der Waals surface area contributed by atoms with Crippen molar-refractivity contribution in [3.05, 3.63) is 151 Å². The Balaban J connectivity index is 1.32. The SMILES string of the molecule is CC1(C)c2ccccc2-c2c(-c3ccccc3-n3c4ccccc4c4c5oc6ccccc6c5ccc43)nc(-c3ccccc3)nc21. The van der Waals surface area contributed by atoms with Crippen LogP contribution in [0.1, 0.15) is 25.1 Å². The minimum Gasteiger partial charge on any atom is -0.455 e. The van der Waals surface area contributed by atoms with Crippen LogP contribution in [0.5, 0.6) is 0 Å². The normalized spacial score (nSPS) is 13.5. The summed E-state index contributed by atoms with van der Waals surface area (Å²) in [6.45, 7) is 4.56. The summed E-state index contributed by atoms with van der Waals surface area (Å²) < 4.78 is 8.98. The quantitative estimate of drug-likeness (QED) is 0.202. The Morgan fingerprint density at radius 2 is 1.28 bits per heavy atom. The second kappa shape index (κ2) is 9.51. The Morgan fingerprint density at radius 3 is 2.15 bits per heavy atom. The third kappa shape index (κ3) is 3.58. The summed E-state index contributed by atoms with van der Waals surface area (Å²) in [6, 6.07) is 49.1. The van der Waals surface area contributed by atoms with E-state index in [1.54, 1.807) is 0 Å². The summed E-state index contributed by atoms with van der Waals surface area (Å²) >= 11 is 0. The summed E-state index contributed by atoms with van der Waals surface area (Å²) in [6.07, 6.45) is 0. The highest BCUT2D eigenvalue weighted by Crippen LogP contribution is 2.52. The highest BCUT2D eigenvalue weighted by Gasteiger charge is 2.40. The second-order valence-corrected chi connectivity index (χ2v) is 13.0. The molecule has 47 heavy (non-hydrogen) atoms. The van der Waals surface area contributed by atoms with Crippen molar-refractivity contribution in [3.8, 4) is 39.5 Å². The molecular weight excluding hydrogens is 574 g/mol. The maximum absolute atomic E-state index is 6.59. The first-order valence-electron chi connectivity index (χ1n) is 16.1. The van der Waals surface area contributed by atoms with Gasteiger partial charge in [0.05, 0.1) is 33.5 Å². The molecular formula is C43H29N3O. The summed E-state index contributed by atoms with van der Waals surface area (Å²) in [5.74, 6) is 0.737. The number of para-hydroxylation sites is 3. The summed E-state index contributed by atoms with van der Waals surface area (Å²) in [4.78, 5) is 10.7. The Labute approximate surface area is 271 Å². The Morgan fingerprint density at radius 1 is 0.574 bits per heavy atom. The van der Waals surface area contributed by atoms with Crippen LogP contribution < -0.4 is 0 Å². The molecule has 3 aromatic heterocycles. The van der Waals surface area contributed by atoms with Crippen molar-refractivity contribution < 1.29 is 4.42 Å². The van der Waals surface area contributed by atoms with E-state index in [1.165, 1.54) is 11.1 Å². The average Bonchev–Trinajstić information content (AvgIpc) is 3.74. The molecule has 0 N–H and O–H groups in total. The molecule has 0 amide bonds. The van der Waals surface area contributed by atoms with Crippen LogP contribution in [0.4, 0.5) is 0 Å². The van der Waals surface area contributed by atoms with Crippen LogP contribution in [-0.4, -0.2) is 14.5 Å². The summed E-state index contributed by atoms with van der Waals surface area (Å²) in [5, 5.41) is 4.54. The highest BCUT2D eigenvalue weighted by atomic mass is 16.3. The second-order valence-electron chi connectivity index (χ2n) is 13.0. The van der Waals surface area contributed by atoms with Gasteiger partial charge in [0.15, 0.2) is 5.82 Å². The van der Waals surface area contributed by atoms with Gasteiger partial charge in [-0.2, -0.15) is 0 Å². The molecule has 0 unspecified atom stereocenters. The number of aromatic nitrogens is 3. The van der Waals surface area contributed by atoms with E-state index in [0.717, 1.165) is 83.3 Å². The first-order chi connectivity index (χ1) is 23.1. The lowest BCUT2D eigenvalue weighted by Crippen LogP contribution is -2.17. The van der Waals surface area contributed by atoms with Crippen LogP contribution in [0.15, 0.2) is 144 Å². The van der Waals surface area contributed by atoms with Crippen molar-refractivity contribution in [3.63, 3.8) is 0 Å². The van der Waals surface area contributed by atoms with Crippen LogP contribution in [0.3, 0.4) is 0 Å². The van der Waals surface area contributed by atoms with E-state index in [2.05, 4.69) is 146 Å². The molecule has 0 atom stereocenters. The lowest BCUT2D eigenvalue weighted by atomic mass is 9.85. The van der Waals surface area contributed by atoms with Gasteiger partial charge in [-0.1, -0.05) is 123 Å². The molecule has 6 aromatic carbocycles. The fourth-order valence-electron chi connectivity index (χ4n) is 7.82. The van der Waals surface area contributed by atoms with Gasteiger partial charge in [0.25, 0.3) is 0 Å². The largest absolute Gasteiger partial charge is 0.455 e. The smallest absolute Gasteiger partial charge is 0.160 e. The number of fused-ring (bicyclic) bond motifs is 10. The Bertz CT molecular complexity index is 2710. The monoisotopic (exact) mass is 603 g/mol. The standard InChI is InChI=1S/C43H29N3O/c1-43(2)32-20-10-6-17-29(32)38-39(44-42(45-41(38)43)26-14-4-3-5-15-26)31-19-8-12-22-34(31)46-33-21-11-7-18-30(33)37-35(46)25-24-28-27-16-9-13-23-36(27)47-40(28)37/h3-25H,1-2H3. The summed E-state index contributed by atoms with van der Waals surface area (Å²) in [7, 11) is 0. The number of hydrogen-bond acceptors (Lipinski definition) is 3. The van der Waals surface area contributed by atoms with Gasteiger partial charge >= 0.3 is 0 Å². The Hall–Kier alpha value is -6.00. The fraction of sp³-hybridized carbons (Fsp3) is 0.0698. The predicted molar refractivity (Wildman–Crippen MR) is 192 cm³/mol. The van der Waals surface area contributed by atoms with Crippen LogP contribution in [0.2, 0.25) is 0 Å². The molecule has 0 spiro atoms. The van der Waals surface area contributed by atoms with Crippen molar-refractivity contribution in [2.45, 2.75) is 19.3 Å². The first kappa shape index (κ1) is 26.2. The minimum atomic E-state index is -0.276. The average molecular weight is 604 g/mol. The number of furan rings is 1. The van der Waals surface area contributed by atoms with Crippen LogP contribution in [0.25, 0.3) is 83.2 Å². The van der Waals surface area contributed by atoms with Crippen molar-refractivity contribution >= 4 is 43.7 Å². The molecule has 0 saturated heterocycles. The maximum Gasteiger partial charge on any atom is 0.160 e. The van der Waals surface area contributed by atoms with Gasteiger partial charge in [-0.15, -0.1) is 0 Å². The van der Waals surface area contributed by atoms with Crippen LogP contribution in [0, 0.1) is 0 Å². The molecule has 0 bridgehead atoms. The third-order valence-corrected chi connectivity index (χ3v) is 9.98. The van der Waals surface area contributed by atoms with E-state index < -0.39 is 0 Å². The number of hydrogen-bond donors (Lipinski definition) is 0. The van der Waals surface area contributed by atoms with E-state index in [0.29, 0.717) is 0 Å². The van der Waals surface area contributed by atoms with E-state index in [1.807, 2.05) is 12.1 Å². The number of benzene rings is 6. The zero-order valence-corrected chi connectivity index (χ0v) is 26.0. The third-order valence-electron chi connectivity index (χ3n) is 9.98. The van der Waals surface area contributed by atoms with E-state index in [9.17, 15) is 0 Å². The van der Waals surface area contributed by atoms with E-state index in [-0.39, 0.29) is 5.41 Å². The molecule has 3 heterocycles. The lowest BCUT2D eigenvalue weighted by Gasteiger charge is -2.21. The molecule has 4 heteroatoms. The lowest BCUT2D eigenvalue weighted by molar-refractivity contribution is 0.636. The topological polar surface area (TPSA) is 43.9 Å². The molecule has 4 nitrogen and oxygen atoms in total. The van der Waals surface area contributed by atoms with Gasteiger partial charge in [0, 0.05) is 38.3 Å². The molecule has 222 valence electrons. The molecule has 1 aliphatic carbocycles. The molecule has 9 aromatic rings. The van der Waals surface area contributed by atoms with E-state index >= 15 is 0 Å². The van der Waals surface area contributed by atoms with E-state index in [4.69, 9.17) is 14.4 Å². The summed E-state index contributed by atoms with van der Waals surface area (Å²) in [5.41, 5.74) is 12.5. The molecule has 0 saturated carbocycles. The minimum absolute atomic E-state index is 0.276. The molecule has 0 aliphatic heterocycles. The molecule has 10 rings (SSSR count). The van der Waals surface area contributed by atoms with Crippen molar-refractivity contribution in [2.75, 3.05) is 0 Å². The van der Waals surface area contributed by atoms with Crippen LogP contribution in [-0.2, 0) is 5.41 Å². The van der Waals surface area contributed by atoms with Gasteiger partial charge in [-0.25, -0.2) is 9.97 Å². The van der Waals surface area contributed by atoms with Gasteiger partial charge in [-0.3, -0.25) is 0 Å². The Kier molecular flexibility index (Phi) is 5.31. The zero-order chi connectivity index (χ0) is 31.3. The maximum atomic E-state index is 6.59. The first-order valence-corrected chi connectivity index (χ1v) is 16.1. The van der Waals surface area contributed by atoms with Gasteiger partial charge < -0.3 is 8.98 Å². The van der Waals surface area contributed by atoms with Gasteiger partial charge in [0.1, 0.15) is 11.2 Å². The zero-order valence-electron chi connectivity index (χ0n) is 26.0. The predicted octanol–water partition coefficient (Wildman–Crippen LogP) is 11.1. The molecule has 0 radical (unpaired) electrons. The highest BCUT2D eigenvalue weighted by molar-refractivity contribution is 6.24. The van der Waals surface area contributed by atoms with Gasteiger partial charge in [-0.05, 0) is 41.5 Å². The number of nitrogens with zero attached hydrogens (tertiary/aromatic N) is 3. The number of rotatable bonds is 3. The van der Waals surface area contributed by atoms with Crippen molar-refractivity contribution in [2.24, 2.45) is 0 Å². The van der Waals surface area contributed by atoms with Crippen molar-refractivity contribution in [1.29, 1.82) is 0 Å². The molecule has 1 aliphatic rings. The van der Waals surface area contributed by atoms with Crippen molar-refractivity contribution in [1.82, 2.24) is 14.5 Å². The van der Waals surface area contributed by atoms with Gasteiger partial charge in [0.2, 0.25) is 0 Å². The van der Waals surface area contributed by atoms with Crippen LogP contribution >= 0.6 is 0 Å². The molecule has 0 fully saturated rings. The fourth-order valence-corrected chi connectivity index (χ4v) is 7.82.